The lowest BCUT2D eigenvalue weighted by Crippen LogP contribution is -2.54. The highest BCUT2D eigenvalue weighted by Gasteiger charge is 2.65. The largest absolute Gasteiger partial charge is 0.384 e. The molecule has 1 amide bonds. The van der Waals surface area contributed by atoms with Crippen LogP contribution in [0.15, 0.2) is 59.2 Å². The summed E-state index contributed by atoms with van der Waals surface area (Å²) in [6.07, 6.45) is 2.07. The van der Waals surface area contributed by atoms with Gasteiger partial charge in [-0.05, 0) is 69.5 Å². The summed E-state index contributed by atoms with van der Waals surface area (Å²) in [4.78, 5) is 18.2. The molecule has 7 nitrogen and oxygen atoms in total. The van der Waals surface area contributed by atoms with Gasteiger partial charge in [-0.3, -0.25) is 9.69 Å². The SMILES string of the molecule is CC1=CC(C)(C)N2C(=O)C3(C(C#N)=C(N)N4C(=C3C#N)Nc3ccccc34)c3c(C)c(C)cc1c32. The standard InChI is InChI=1S/C28H24N6O/c1-14-10-17-15(2)11-27(4,5)34-23(17)22(16(14)3)28(26(34)35)18(12-29)24(31)33-21-9-7-6-8-20(21)32-25(33)19(28)13-30/h6-11,32H,31H2,1-5H3. The van der Waals surface area contributed by atoms with Crippen molar-refractivity contribution in [3.63, 3.8) is 0 Å². The zero-order valence-corrected chi connectivity index (χ0v) is 20.2. The lowest BCUT2D eigenvalue weighted by Gasteiger charge is -2.41. The molecule has 1 spiro atoms. The van der Waals surface area contributed by atoms with Gasteiger partial charge >= 0.3 is 0 Å². The second-order valence-corrected chi connectivity index (χ2v) is 10.1. The molecule has 2 aromatic rings. The number of nitrogens with zero attached hydrogens (tertiary/aromatic N) is 4. The first-order valence-corrected chi connectivity index (χ1v) is 11.5. The first-order valence-electron chi connectivity index (χ1n) is 11.5. The van der Waals surface area contributed by atoms with Gasteiger partial charge in [0.25, 0.3) is 0 Å². The van der Waals surface area contributed by atoms with Crippen molar-refractivity contribution in [3.05, 3.63) is 81.4 Å². The number of nitriles is 2. The van der Waals surface area contributed by atoms with E-state index in [1.807, 2.05) is 58.9 Å². The van der Waals surface area contributed by atoms with Gasteiger partial charge in [-0.15, -0.1) is 0 Å². The Morgan fingerprint density at radius 3 is 2.43 bits per heavy atom. The predicted molar refractivity (Wildman–Crippen MR) is 135 cm³/mol. The summed E-state index contributed by atoms with van der Waals surface area (Å²) in [5, 5.41) is 24.5. The molecule has 0 aromatic heterocycles. The molecule has 2 aromatic carbocycles. The number of fused-ring (bicyclic) bond motifs is 4. The van der Waals surface area contributed by atoms with E-state index in [-0.39, 0.29) is 22.9 Å². The van der Waals surface area contributed by atoms with Crippen molar-refractivity contribution in [2.75, 3.05) is 15.1 Å². The van der Waals surface area contributed by atoms with Crippen molar-refractivity contribution >= 4 is 28.5 Å². The van der Waals surface area contributed by atoms with Gasteiger partial charge in [-0.2, -0.15) is 10.5 Å². The number of amides is 1. The van der Waals surface area contributed by atoms with Crippen LogP contribution in [-0.2, 0) is 10.2 Å². The number of allylic oxidation sites excluding steroid dienone is 1. The molecule has 0 saturated carbocycles. The normalized spacial score (nSPS) is 22.9. The Kier molecular flexibility index (Phi) is 3.82. The van der Waals surface area contributed by atoms with Crippen LogP contribution >= 0.6 is 0 Å². The van der Waals surface area contributed by atoms with E-state index in [0.29, 0.717) is 11.4 Å². The second kappa shape index (κ2) is 6.34. The van der Waals surface area contributed by atoms with Crippen molar-refractivity contribution < 1.29 is 4.79 Å². The lowest BCUT2D eigenvalue weighted by molar-refractivity contribution is -0.121. The third kappa shape index (κ3) is 2.17. The van der Waals surface area contributed by atoms with Gasteiger partial charge in [0.05, 0.1) is 33.7 Å². The van der Waals surface area contributed by atoms with Gasteiger partial charge in [0.1, 0.15) is 23.8 Å². The minimum absolute atomic E-state index is 0.0834. The van der Waals surface area contributed by atoms with E-state index in [4.69, 9.17) is 5.73 Å². The first kappa shape index (κ1) is 21.1. The fraction of sp³-hybridized carbons (Fsp3) is 0.250. The molecule has 0 fully saturated rings. The maximum Gasteiger partial charge on any atom is 0.249 e. The summed E-state index contributed by atoms with van der Waals surface area (Å²) in [6.45, 7) is 9.95. The average molecular weight is 461 g/mol. The van der Waals surface area contributed by atoms with Crippen LogP contribution in [0.25, 0.3) is 5.57 Å². The highest BCUT2D eigenvalue weighted by molar-refractivity contribution is 6.19. The Labute approximate surface area is 204 Å². The fourth-order valence-corrected chi connectivity index (χ4v) is 6.34. The average Bonchev–Trinajstić information content (AvgIpc) is 3.31. The summed E-state index contributed by atoms with van der Waals surface area (Å²) in [7, 11) is 0. The predicted octanol–water partition coefficient (Wildman–Crippen LogP) is 4.46. The van der Waals surface area contributed by atoms with E-state index in [1.54, 1.807) is 9.80 Å². The highest BCUT2D eigenvalue weighted by atomic mass is 16.2. The van der Waals surface area contributed by atoms with Crippen LogP contribution in [0.2, 0.25) is 0 Å². The molecular formula is C28H24N6O. The molecule has 7 heteroatoms. The Balaban J connectivity index is 1.81. The molecule has 6 rings (SSSR count). The molecule has 0 saturated heterocycles. The fourth-order valence-electron chi connectivity index (χ4n) is 6.34. The molecule has 35 heavy (non-hydrogen) atoms. The molecule has 172 valence electrons. The molecule has 0 radical (unpaired) electrons. The topological polar surface area (TPSA) is 109 Å². The molecule has 4 aliphatic heterocycles. The van der Waals surface area contributed by atoms with E-state index >= 15 is 0 Å². The van der Waals surface area contributed by atoms with E-state index < -0.39 is 11.0 Å². The van der Waals surface area contributed by atoms with Crippen LogP contribution in [0.3, 0.4) is 0 Å². The number of benzene rings is 2. The Morgan fingerprint density at radius 2 is 1.74 bits per heavy atom. The van der Waals surface area contributed by atoms with Crippen molar-refractivity contribution in [3.8, 4) is 12.1 Å². The molecule has 0 aliphatic carbocycles. The number of rotatable bonds is 0. The van der Waals surface area contributed by atoms with Gasteiger partial charge in [-0.1, -0.05) is 18.2 Å². The smallest absolute Gasteiger partial charge is 0.249 e. The Bertz CT molecular complexity index is 1590. The zero-order valence-electron chi connectivity index (χ0n) is 20.2. The van der Waals surface area contributed by atoms with E-state index in [0.717, 1.165) is 39.3 Å². The van der Waals surface area contributed by atoms with Gasteiger partial charge in [-0.25, -0.2) is 0 Å². The van der Waals surface area contributed by atoms with Crippen molar-refractivity contribution in [1.82, 2.24) is 0 Å². The number of para-hydroxylation sites is 2. The van der Waals surface area contributed by atoms with Crippen molar-refractivity contribution in [2.24, 2.45) is 5.73 Å². The number of nitrogens with one attached hydrogen (secondary N) is 1. The number of hydrogen-bond donors (Lipinski definition) is 2. The summed E-state index contributed by atoms with van der Waals surface area (Å²) >= 11 is 0. The third-order valence-electron chi connectivity index (χ3n) is 7.84. The lowest BCUT2D eigenvalue weighted by atomic mass is 9.66. The minimum Gasteiger partial charge on any atom is -0.384 e. The second-order valence-electron chi connectivity index (χ2n) is 10.1. The number of aryl methyl sites for hydroxylation is 1. The van der Waals surface area contributed by atoms with Gasteiger partial charge in [0.2, 0.25) is 5.91 Å². The van der Waals surface area contributed by atoms with Crippen LogP contribution in [0.4, 0.5) is 17.1 Å². The number of carbonyl (C=O) groups is 1. The molecule has 1 unspecified atom stereocenters. The number of nitrogens with two attached hydrogens (primary N) is 1. The zero-order chi connectivity index (χ0) is 25.0. The number of carbonyl (C=O) groups excluding carboxylic acids is 1. The summed E-state index contributed by atoms with van der Waals surface area (Å²) in [5.41, 5.74) is 11.5. The summed E-state index contributed by atoms with van der Waals surface area (Å²) in [5.74, 6) is 0.261. The van der Waals surface area contributed by atoms with Crippen LogP contribution in [0.5, 0.6) is 0 Å². The Hall–Kier alpha value is -4.49. The van der Waals surface area contributed by atoms with Crippen LogP contribution < -0.4 is 20.9 Å². The van der Waals surface area contributed by atoms with E-state index in [2.05, 4.69) is 29.6 Å². The number of anilines is 3. The van der Waals surface area contributed by atoms with Crippen molar-refractivity contribution in [1.29, 1.82) is 10.5 Å². The van der Waals surface area contributed by atoms with Gasteiger partial charge in [0.15, 0.2) is 5.41 Å². The maximum absolute atomic E-state index is 14.7. The molecule has 0 bridgehead atoms. The van der Waals surface area contributed by atoms with Crippen LogP contribution in [0, 0.1) is 36.5 Å². The molecule has 3 N–H and O–H groups in total. The monoisotopic (exact) mass is 460 g/mol. The van der Waals surface area contributed by atoms with E-state index in [1.165, 1.54) is 0 Å². The molecule has 4 heterocycles. The molecular weight excluding hydrogens is 436 g/mol. The molecule has 1 atom stereocenters. The van der Waals surface area contributed by atoms with Crippen LogP contribution in [-0.4, -0.2) is 11.4 Å². The molecule has 4 aliphatic rings. The van der Waals surface area contributed by atoms with Gasteiger partial charge < -0.3 is 16.0 Å². The van der Waals surface area contributed by atoms with E-state index in [9.17, 15) is 15.3 Å². The highest BCUT2D eigenvalue weighted by Crippen LogP contribution is 2.61. The quantitative estimate of drug-likeness (QED) is 0.601. The Morgan fingerprint density at radius 1 is 1.06 bits per heavy atom. The maximum atomic E-state index is 14.7. The first-order chi connectivity index (χ1) is 16.6. The number of hydrogen-bond acceptors (Lipinski definition) is 6. The van der Waals surface area contributed by atoms with Crippen LogP contribution in [0.1, 0.15) is 43.0 Å². The minimum atomic E-state index is -1.63. The van der Waals surface area contributed by atoms with Gasteiger partial charge in [0, 0.05) is 11.1 Å². The van der Waals surface area contributed by atoms with Crippen molar-refractivity contribution in [2.45, 2.75) is 45.6 Å². The third-order valence-corrected chi connectivity index (χ3v) is 7.84. The summed E-state index contributed by atoms with van der Waals surface area (Å²) < 4.78 is 0. The summed E-state index contributed by atoms with van der Waals surface area (Å²) in [6, 6.07) is 14.2.